The lowest BCUT2D eigenvalue weighted by atomic mass is 10.2. The van der Waals surface area contributed by atoms with Gasteiger partial charge < -0.3 is 10.5 Å². The van der Waals surface area contributed by atoms with Crippen LogP contribution in [0.1, 0.15) is 18.3 Å². The molecule has 0 aromatic carbocycles. The molecule has 0 unspecified atom stereocenters. The standard InChI is InChI=1S/C9H18N4O/c1-3-13-9(5-7-14-2)8(4-6-10)11-12-13/h3-7,10H2,1-2H3. The minimum Gasteiger partial charge on any atom is -0.384 e. The first kappa shape index (κ1) is 11.1. The van der Waals surface area contributed by atoms with Gasteiger partial charge in [0.1, 0.15) is 0 Å². The molecule has 0 spiro atoms. The molecule has 1 heterocycles. The van der Waals surface area contributed by atoms with Gasteiger partial charge in [-0.1, -0.05) is 5.21 Å². The Morgan fingerprint density at radius 3 is 2.79 bits per heavy atom. The van der Waals surface area contributed by atoms with Gasteiger partial charge in [0, 0.05) is 26.5 Å². The second kappa shape index (κ2) is 5.72. The third-order valence-electron chi connectivity index (χ3n) is 2.14. The highest BCUT2D eigenvalue weighted by molar-refractivity contribution is 5.11. The van der Waals surface area contributed by atoms with Crippen molar-refractivity contribution in [3.05, 3.63) is 11.4 Å². The molecular weight excluding hydrogens is 180 g/mol. The van der Waals surface area contributed by atoms with Gasteiger partial charge in [-0.25, -0.2) is 4.68 Å². The second-order valence-corrected chi connectivity index (χ2v) is 3.08. The van der Waals surface area contributed by atoms with Crippen LogP contribution in [0.5, 0.6) is 0 Å². The van der Waals surface area contributed by atoms with Crippen LogP contribution in [0.3, 0.4) is 0 Å². The Kier molecular flexibility index (Phi) is 4.55. The summed E-state index contributed by atoms with van der Waals surface area (Å²) in [7, 11) is 1.70. The van der Waals surface area contributed by atoms with Crippen molar-refractivity contribution in [2.45, 2.75) is 26.3 Å². The molecule has 1 aromatic heterocycles. The summed E-state index contributed by atoms with van der Waals surface area (Å²) >= 11 is 0. The van der Waals surface area contributed by atoms with Crippen LogP contribution in [-0.2, 0) is 24.1 Å². The molecular formula is C9H18N4O. The first-order valence-corrected chi connectivity index (χ1v) is 4.93. The van der Waals surface area contributed by atoms with Crippen molar-refractivity contribution in [2.24, 2.45) is 5.73 Å². The molecule has 80 valence electrons. The van der Waals surface area contributed by atoms with Crippen LogP contribution in [0.25, 0.3) is 0 Å². The van der Waals surface area contributed by atoms with Crippen molar-refractivity contribution in [3.8, 4) is 0 Å². The normalized spacial score (nSPS) is 10.8. The first-order chi connectivity index (χ1) is 6.83. The van der Waals surface area contributed by atoms with Gasteiger partial charge >= 0.3 is 0 Å². The summed E-state index contributed by atoms with van der Waals surface area (Å²) in [5, 5.41) is 8.17. The highest BCUT2D eigenvalue weighted by atomic mass is 16.5. The Bertz CT molecular complexity index is 272. The van der Waals surface area contributed by atoms with Crippen LogP contribution in [0.2, 0.25) is 0 Å². The van der Waals surface area contributed by atoms with E-state index >= 15 is 0 Å². The maximum atomic E-state index is 5.50. The maximum absolute atomic E-state index is 5.50. The van der Waals surface area contributed by atoms with E-state index in [1.807, 2.05) is 4.68 Å². The summed E-state index contributed by atoms with van der Waals surface area (Å²) in [6.07, 6.45) is 1.64. The van der Waals surface area contributed by atoms with Gasteiger partial charge in [-0.05, 0) is 13.5 Å². The quantitative estimate of drug-likeness (QED) is 0.698. The van der Waals surface area contributed by atoms with E-state index in [0.29, 0.717) is 13.2 Å². The SMILES string of the molecule is CCn1nnc(CCN)c1CCOC. The summed E-state index contributed by atoms with van der Waals surface area (Å²) < 4.78 is 6.95. The number of nitrogens with zero attached hydrogens (tertiary/aromatic N) is 3. The highest BCUT2D eigenvalue weighted by Crippen LogP contribution is 2.07. The minimum atomic E-state index is 0.613. The largest absolute Gasteiger partial charge is 0.384 e. The van der Waals surface area contributed by atoms with Crippen LogP contribution < -0.4 is 5.73 Å². The van der Waals surface area contributed by atoms with E-state index in [0.717, 1.165) is 30.8 Å². The summed E-state index contributed by atoms with van der Waals surface area (Å²) in [4.78, 5) is 0. The predicted octanol–water partition coefficient (Wildman–Crippen LogP) is -0.0119. The lowest BCUT2D eigenvalue weighted by molar-refractivity contribution is 0.200. The van der Waals surface area contributed by atoms with Crippen molar-refractivity contribution >= 4 is 0 Å². The molecule has 0 radical (unpaired) electrons. The molecule has 5 nitrogen and oxygen atoms in total. The van der Waals surface area contributed by atoms with Gasteiger partial charge in [0.05, 0.1) is 18.0 Å². The summed E-state index contributed by atoms with van der Waals surface area (Å²) in [6.45, 7) is 4.21. The lowest BCUT2D eigenvalue weighted by Crippen LogP contribution is -2.10. The predicted molar refractivity (Wildman–Crippen MR) is 54.0 cm³/mol. The van der Waals surface area contributed by atoms with Crippen LogP contribution in [0.15, 0.2) is 0 Å². The topological polar surface area (TPSA) is 66.0 Å². The van der Waals surface area contributed by atoms with E-state index in [4.69, 9.17) is 10.5 Å². The van der Waals surface area contributed by atoms with E-state index in [2.05, 4.69) is 17.2 Å². The molecule has 1 aromatic rings. The molecule has 0 fully saturated rings. The Labute approximate surface area is 84.2 Å². The van der Waals surface area contributed by atoms with Crippen LogP contribution in [-0.4, -0.2) is 35.3 Å². The van der Waals surface area contributed by atoms with E-state index in [1.54, 1.807) is 7.11 Å². The van der Waals surface area contributed by atoms with Crippen LogP contribution >= 0.6 is 0 Å². The Hall–Kier alpha value is -0.940. The summed E-state index contributed by atoms with van der Waals surface area (Å²) in [5.41, 5.74) is 7.66. The number of hydrogen-bond donors (Lipinski definition) is 1. The minimum absolute atomic E-state index is 0.613. The molecule has 0 saturated heterocycles. The Balaban J connectivity index is 2.76. The first-order valence-electron chi connectivity index (χ1n) is 4.93. The summed E-state index contributed by atoms with van der Waals surface area (Å²) in [5.74, 6) is 0. The number of rotatable bonds is 6. The Morgan fingerprint density at radius 1 is 1.43 bits per heavy atom. The van der Waals surface area contributed by atoms with E-state index in [1.165, 1.54) is 0 Å². The molecule has 0 aliphatic heterocycles. The van der Waals surface area contributed by atoms with E-state index in [-0.39, 0.29) is 0 Å². The zero-order valence-corrected chi connectivity index (χ0v) is 8.86. The number of methoxy groups -OCH3 is 1. The number of ether oxygens (including phenoxy) is 1. The zero-order valence-electron chi connectivity index (χ0n) is 8.86. The average Bonchev–Trinajstić information content (AvgIpc) is 2.58. The molecule has 0 atom stereocenters. The molecule has 0 aliphatic rings. The van der Waals surface area contributed by atoms with Crippen molar-refractivity contribution < 1.29 is 4.74 Å². The Morgan fingerprint density at radius 2 is 2.21 bits per heavy atom. The fourth-order valence-electron chi connectivity index (χ4n) is 1.43. The fourth-order valence-corrected chi connectivity index (χ4v) is 1.43. The number of nitrogens with two attached hydrogens (primary N) is 1. The van der Waals surface area contributed by atoms with Crippen LogP contribution in [0, 0.1) is 0 Å². The zero-order chi connectivity index (χ0) is 10.4. The molecule has 2 N–H and O–H groups in total. The molecule has 1 rings (SSSR count). The van der Waals surface area contributed by atoms with E-state index < -0.39 is 0 Å². The van der Waals surface area contributed by atoms with Gasteiger partial charge in [-0.3, -0.25) is 0 Å². The molecule has 0 saturated carbocycles. The third-order valence-corrected chi connectivity index (χ3v) is 2.14. The fraction of sp³-hybridized carbons (Fsp3) is 0.778. The van der Waals surface area contributed by atoms with Gasteiger partial charge in [-0.2, -0.15) is 0 Å². The number of aryl methyl sites for hydroxylation is 1. The summed E-state index contributed by atoms with van der Waals surface area (Å²) in [6, 6.07) is 0. The molecule has 0 bridgehead atoms. The molecule has 14 heavy (non-hydrogen) atoms. The van der Waals surface area contributed by atoms with Crippen molar-refractivity contribution in [2.75, 3.05) is 20.3 Å². The molecule has 0 amide bonds. The monoisotopic (exact) mass is 198 g/mol. The molecule has 5 heteroatoms. The average molecular weight is 198 g/mol. The van der Waals surface area contributed by atoms with Gasteiger partial charge in [0.25, 0.3) is 0 Å². The van der Waals surface area contributed by atoms with Crippen molar-refractivity contribution in [3.63, 3.8) is 0 Å². The number of hydrogen-bond acceptors (Lipinski definition) is 4. The van der Waals surface area contributed by atoms with Crippen molar-refractivity contribution in [1.29, 1.82) is 0 Å². The molecule has 0 aliphatic carbocycles. The van der Waals surface area contributed by atoms with Gasteiger partial charge in [-0.15, -0.1) is 5.10 Å². The highest BCUT2D eigenvalue weighted by Gasteiger charge is 2.10. The third kappa shape index (κ3) is 2.52. The maximum Gasteiger partial charge on any atom is 0.0872 e. The van der Waals surface area contributed by atoms with Gasteiger partial charge in [0.2, 0.25) is 0 Å². The number of aromatic nitrogens is 3. The smallest absolute Gasteiger partial charge is 0.0872 e. The van der Waals surface area contributed by atoms with E-state index in [9.17, 15) is 0 Å². The van der Waals surface area contributed by atoms with Crippen molar-refractivity contribution in [1.82, 2.24) is 15.0 Å². The van der Waals surface area contributed by atoms with Crippen LogP contribution in [0.4, 0.5) is 0 Å². The lowest BCUT2D eigenvalue weighted by Gasteiger charge is -2.04. The van der Waals surface area contributed by atoms with Gasteiger partial charge in [0.15, 0.2) is 0 Å². The second-order valence-electron chi connectivity index (χ2n) is 3.08.